The van der Waals surface area contributed by atoms with Crippen LogP contribution in [0.4, 0.5) is 4.79 Å². The molecule has 0 unspecified atom stereocenters. The number of aromatic nitrogens is 4. The van der Waals surface area contributed by atoms with Gasteiger partial charge in [0, 0.05) is 19.1 Å². The third-order valence-electron chi connectivity index (χ3n) is 7.00. The van der Waals surface area contributed by atoms with E-state index in [4.69, 9.17) is 18.9 Å². The van der Waals surface area contributed by atoms with E-state index < -0.39 is 17.6 Å². The van der Waals surface area contributed by atoms with Gasteiger partial charge in [-0.25, -0.2) is 19.7 Å². The van der Waals surface area contributed by atoms with Crippen molar-refractivity contribution in [3.05, 3.63) is 18.3 Å². The molecule has 0 spiro atoms. The number of imidazole rings is 1. The quantitative estimate of drug-likeness (QED) is 0.637. The Bertz CT molecular complexity index is 1100. The van der Waals surface area contributed by atoms with Crippen molar-refractivity contribution in [1.82, 2.24) is 29.7 Å². The lowest BCUT2D eigenvalue weighted by molar-refractivity contribution is -0.198. The molecule has 3 saturated heterocycles. The second kappa shape index (κ2) is 9.51. The van der Waals surface area contributed by atoms with Crippen LogP contribution in [-0.4, -0.2) is 85.9 Å². The van der Waals surface area contributed by atoms with Crippen LogP contribution >= 0.6 is 0 Å². The molecule has 0 radical (unpaired) electrons. The molecule has 11 heteroatoms. The fourth-order valence-electron chi connectivity index (χ4n) is 5.53. The molecule has 1 N–H and O–H groups in total. The van der Waals surface area contributed by atoms with Crippen LogP contribution < -0.4 is 5.32 Å². The van der Waals surface area contributed by atoms with E-state index in [1.807, 2.05) is 46.1 Å². The number of likely N-dealkylation sites (tertiary alicyclic amines) is 1. The molecule has 5 rings (SSSR count). The average molecular weight is 503 g/mol. The Balaban J connectivity index is 1.26. The lowest BCUT2D eigenvalue weighted by atomic mass is 10.1. The summed E-state index contributed by atoms with van der Waals surface area (Å²) in [6.45, 7) is 13.7. The van der Waals surface area contributed by atoms with Crippen LogP contribution in [0.15, 0.2) is 12.7 Å². The molecule has 0 aliphatic carbocycles. The largest absolute Gasteiger partial charge is 0.444 e. The van der Waals surface area contributed by atoms with Crippen molar-refractivity contribution in [2.75, 3.05) is 19.6 Å². The van der Waals surface area contributed by atoms with E-state index in [0.29, 0.717) is 12.6 Å². The molecule has 0 bridgehead atoms. The van der Waals surface area contributed by atoms with Crippen LogP contribution in [0.3, 0.4) is 0 Å². The maximum Gasteiger partial charge on any atom is 0.407 e. The molecule has 36 heavy (non-hydrogen) atoms. The zero-order valence-corrected chi connectivity index (χ0v) is 22.1. The lowest BCUT2D eigenvalue weighted by Gasteiger charge is -2.30. The molecular formula is C25H38N6O5. The van der Waals surface area contributed by atoms with Crippen LogP contribution in [0.1, 0.15) is 65.8 Å². The normalized spacial score (nSPS) is 30.1. The van der Waals surface area contributed by atoms with E-state index in [2.05, 4.69) is 25.2 Å². The maximum absolute atomic E-state index is 12.0. The van der Waals surface area contributed by atoms with Gasteiger partial charge in [0.1, 0.15) is 35.8 Å². The summed E-state index contributed by atoms with van der Waals surface area (Å²) in [5.41, 5.74) is 1.82. The third kappa shape index (κ3) is 5.20. The molecule has 0 saturated carbocycles. The fraction of sp³-hybridized carbons (Fsp3) is 0.760. The van der Waals surface area contributed by atoms with Crippen molar-refractivity contribution >= 4 is 17.3 Å². The molecule has 3 aliphatic heterocycles. The lowest BCUT2D eigenvalue weighted by Crippen LogP contribution is -2.43. The first kappa shape index (κ1) is 25.3. The Morgan fingerprint density at radius 2 is 2.00 bits per heavy atom. The van der Waals surface area contributed by atoms with E-state index in [-0.39, 0.29) is 24.4 Å². The molecule has 11 nitrogen and oxygen atoms in total. The van der Waals surface area contributed by atoms with Gasteiger partial charge in [0.15, 0.2) is 17.7 Å². The average Bonchev–Trinajstić information content (AvgIpc) is 3.52. The highest BCUT2D eigenvalue weighted by molar-refractivity contribution is 5.72. The minimum absolute atomic E-state index is 0.165. The molecule has 3 aliphatic rings. The molecule has 3 fully saturated rings. The first-order valence-electron chi connectivity index (χ1n) is 12.9. The second-order valence-corrected chi connectivity index (χ2v) is 11.4. The van der Waals surface area contributed by atoms with Gasteiger partial charge >= 0.3 is 6.09 Å². The number of hydrogen-bond donors (Lipinski definition) is 1. The monoisotopic (exact) mass is 502 g/mol. The van der Waals surface area contributed by atoms with Crippen molar-refractivity contribution in [3.8, 4) is 0 Å². The van der Waals surface area contributed by atoms with E-state index in [0.717, 1.165) is 49.2 Å². The Hall–Kier alpha value is -2.34. The number of hydrogen-bond acceptors (Lipinski definition) is 9. The predicted molar refractivity (Wildman–Crippen MR) is 131 cm³/mol. The summed E-state index contributed by atoms with van der Waals surface area (Å²) >= 11 is 0. The van der Waals surface area contributed by atoms with Crippen molar-refractivity contribution in [2.24, 2.45) is 0 Å². The highest BCUT2D eigenvalue weighted by Gasteiger charge is 2.56. The maximum atomic E-state index is 12.0. The number of ether oxygens (including phenoxy) is 4. The first-order valence-corrected chi connectivity index (χ1v) is 12.9. The predicted octanol–water partition coefficient (Wildman–Crippen LogP) is 2.93. The second-order valence-electron chi connectivity index (χ2n) is 11.4. The van der Waals surface area contributed by atoms with Gasteiger partial charge in [0.25, 0.3) is 0 Å². The number of nitrogens with one attached hydrogen (secondary N) is 1. The molecule has 198 valence electrons. The fourth-order valence-corrected chi connectivity index (χ4v) is 5.53. The molecule has 2 aromatic rings. The van der Waals surface area contributed by atoms with Gasteiger partial charge in [0.2, 0.25) is 0 Å². The molecule has 0 aromatic carbocycles. The first-order chi connectivity index (χ1) is 17.0. The van der Waals surface area contributed by atoms with E-state index in [1.165, 1.54) is 0 Å². The summed E-state index contributed by atoms with van der Waals surface area (Å²) in [7, 11) is 0. The van der Waals surface area contributed by atoms with Gasteiger partial charge in [-0.05, 0) is 67.3 Å². The number of carbonyl (C=O) groups is 1. The highest BCUT2D eigenvalue weighted by atomic mass is 16.8. The SMILES string of the molecule is Cc1ncnc2c1ncn2[C@@H]1O[C@H](CN2CCC[C@@H]2CCNC(=O)OC(C)(C)C)[C@H]2OC(C)(C)O[C@H]21. The Morgan fingerprint density at radius 1 is 1.22 bits per heavy atom. The molecule has 2 aromatic heterocycles. The summed E-state index contributed by atoms with van der Waals surface area (Å²) < 4.78 is 26.6. The van der Waals surface area contributed by atoms with Gasteiger partial charge in [-0.3, -0.25) is 9.47 Å². The summed E-state index contributed by atoms with van der Waals surface area (Å²) in [5, 5.41) is 2.89. The van der Waals surface area contributed by atoms with Crippen molar-refractivity contribution in [1.29, 1.82) is 0 Å². The number of rotatable bonds is 6. The zero-order valence-electron chi connectivity index (χ0n) is 22.1. The topological polar surface area (TPSA) is 113 Å². The number of nitrogens with zero attached hydrogens (tertiary/aromatic N) is 5. The van der Waals surface area contributed by atoms with Gasteiger partial charge < -0.3 is 24.3 Å². The molecule has 5 atom stereocenters. The van der Waals surface area contributed by atoms with Crippen LogP contribution in [0.5, 0.6) is 0 Å². The van der Waals surface area contributed by atoms with Crippen LogP contribution in [0.25, 0.3) is 11.2 Å². The standard InChI is InChI=1S/C25H38N6O5/c1-15-18-21(28-13-27-15)31(14-29-18)22-20-19(34-25(5,6)35-20)17(33-22)12-30-11-7-8-16(30)9-10-26-23(32)36-24(2,3)4/h13-14,16-17,19-20,22H,7-12H2,1-6H3,(H,26,32)/t16-,17-,19-,20-,22-/m1/s1. The van der Waals surface area contributed by atoms with E-state index >= 15 is 0 Å². The smallest absolute Gasteiger partial charge is 0.407 e. The number of carbonyl (C=O) groups excluding carboxylic acids is 1. The summed E-state index contributed by atoms with van der Waals surface area (Å²) in [5.74, 6) is -0.696. The number of fused-ring (bicyclic) bond motifs is 2. The Labute approximate surface area is 211 Å². The highest BCUT2D eigenvalue weighted by Crippen LogP contribution is 2.44. The summed E-state index contributed by atoms with van der Waals surface area (Å²) in [6.07, 6.45) is 4.97. The number of aryl methyl sites for hydroxylation is 1. The van der Waals surface area contributed by atoms with Gasteiger partial charge in [-0.1, -0.05) is 0 Å². The minimum atomic E-state index is -0.696. The molecule has 5 heterocycles. The number of amides is 1. The van der Waals surface area contributed by atoms with E-state index in [9.17, 15) is 4.79 Å². The van der Waals surface area contributed by atoms with Crippen molar-refractivity contribution < 1.29 is 23.7 Å². The van der Waals surface area contributed by atoms with Gasteiger partial charge in [-0.2, -0.15) is 0 Å². The van der Waals surface area contributed by atoms with E-state index in [1.54, 1.807) is 12.7 Å². The number of alkyl carbamates (subject to hydrolysis) is 1. The summed E-state index contributed by atoms with van der Waals surface area (Å²) in [6, 6.07) is 0.362. The molecular weight excluding hydrogens is 464 g/mol. The summed E-state index contributed by atoms with van der Waals surface area (Å²) in [4.78, 5) is 27.7. The van der Waals surface area contributed by atoms with Crippen LogP contribution in [0.2, 0.25) is 0 Å². The third-order valence-corrected chi connectivity index (χ3v) is 7.00. The van der Waals surface area contributed by atoms with Gasteiger partial charge in [0.05, 0.1) is 12.0 Å². The zero-order chi connectivity index (χ0) is 25.7. The van der Waals surface area contributed by atoms with Crippen molar-refractivity contribution in [3.63, 3.8) is 0 Å². The van der Waals surface area contributed by atoms with Gasteiger partial charge in [-0.15, -0.1) is 0 Å². The minimum Gasteiger partial charge on any atom is -0.444 e. The molecule has 1 amide bonds. The van der Waals surface area contributed by atoms with Crippen molar-refractivity contribution in [2.45, 2.75) is 103 Å². The van der Waals surface area contributed by atoms with Crippen LogP contribution in [0, 0.1) is 6.92 Å². The van der Waals surface area contributed by atoms with Crippen LogP contribution in [-0.2, 0) is 18.9 Å². The Morgan fingerprint density at radius 3 is 2.78 bits per heavy atom. The Kier molecular flexibility index (Phi) is 6.69.